The smallest absolute Gasteiger partial charge is 0.219 e. The first-order valence-corrected chi connectivity index (χ1v) is 6.89. The highest BCUT2D eigenvalue weighted by Crippen LogP contribution is 2.26. The molecule has 0 atom stereocenters. The number of carbonyl (C=O) groups is 1. The Bertz CT molecular complexity index is 333. The van der Waals surface area contributed by atoms with E-state index >= 15 is 0 Å². The lowest BCUT2D eigenvalue weighted by molar-refractivity contribution is -0.120. The van der Waals surface area contributed by atoms with Crippen molar-refractivity contribution in [1.29, 1.82) is 0 Å². The average molecular weight is 254 g/mol. The predicted molar refractivity (Wildman–Crippen MR) is 73.5 cm³/mol. The van der Waals surface area contributed by atoms with E-state index in [9.17, 15) is 4.79 Å². The summed E-state index contributed by atoms with van der Waals surface area (Å²) in [5, 5.41) is 8.16. The minimum atomic E-state index is 0.115. The zero-order chi connectivity index (χ0) is 12.7. The van der Waals surface area contributed by atoms with Crippen LogP contribution in [0.25, 0.3) is 0 Å². The van der Waals surface area contributed by atoms with E-state index in [1.54, 1.807) is 18.4 Å². The summed E-state index contributed by atoms with van der Waals surface area (Å²) in [7, 11) is 1.68. The Morgan fingerprint density at radius 2 is 2.24 bits per heavy atom. The zero-order valence-electron chi connectivity index (χ0n) is 10.9. The van der Waals surface area contributed by atoms with Crippen molar-refractivity contribution in [1.82, 2.24) is 10.6 Å². The van der Waals surface area contributed by atoms with Gasteiger partial charge in [-0.05, 0) is 24.4 Å². The molecular formula is C13H22N2OS. The fourth-order valence-electron chi connectivity index (χ4n) is 1.65. The summed E-state index contributed by atoms with van der Waals surface area (Å²) in [4.78, 5) is 12.4. The second kappa shape index (κ2) is 6.77. The first kappa shape index (κ1) is 14.2. The maximum Gasteiger partial charge on any atom is 0.219 e. The van der Waals surface area contributed by atoms with Crippen molar-refractivity contribution in [2.45, 2.75) is 32.1 Å². The van der Waals surface area contributed by atoms with Crippen LogP contribution in [0.1, 0.15) is 31.6 Å². The lowest BCUT2D eigenvalue weighted by atomic mass is 9.91. The Morgan fingerprint density at radius 3 is 2.82 bits per heavy atom. The third kappa shape index (κ3) is 4.88. The fourth-order valence-corrected chi connectivity index (χ4v) is 2.50. The second-order valence-electron chi connectivity index (χ2n) is 4.81. The van der Waals surface area contributed by atoms with E-state index in [4.69, 9.17) is 0 Å². The summed E-state index contributed by atoms with van der Waals surface area (Å²) in [5.74, 6) is 0.115. The Morgan fingerprint density at radius 1 is 1.47 bits per heavy atom. The maximum absolute atomic E-state index is 11.0. The summed E-state index contributed by atoms with van der Waals surface area (Å²) in [6.45, 7) is 6.32. The van der Waals surface area contributed by atoms with Crippen molar-refractivity contribution in [2.75, 3.05) is 20.1 Å². The SMILES string of the molecule is CNC(=O)CCCNCC(C)(C)c1cccs1. The third-order valence-electron chi connectivity index (χ3n) is 2.79. The van der Waals surface area contributed by atoms with Crippen LogP contribution in [0.15, 0.2) is 17.5 Å². The van der Waals surface area contributed by atoms with Gasteiger partial charge in [0.2, 0.25) is 5.91 Å². The Hall–Kier alpha value is -0.870. The van der Waals surface area contributed by atoms with Gasteiger partial charge in [-0.3, -0.25) is 4.79 Å². The molecule has 0 saturated carbocycles. The van der Waals surface area contributed by atoms with E-state index in [-0.39, 0.29) is 11.3 Å². The lowest BCUT2D eigenvalue weighted by Gasteiger charge is -2.23. The first-order valence-electron chi connectivity index (χ1n) is 6.01. The molecule has 4 heteroatoms. The van der Waals surface area contributed by atoms with Gasteiger partial charge in [0.15, 0.2) is 0 Å². The third-order valence-corrected chi connectivity index (χ3v) is 4.03. The van der Waals surface area contributed by atoms with Crippen LogP contribution in [0.2, 0.25) is 0 Å². The largest absolute Gasteiger partial charge is 0.359 e. The van der Waals surface area contributed by atoms with Crippen LogP contribution in [0.5, 0.6) is 0 Å². The number of rotatable bonds is 7. The fraction of sp³-hybridized carbons (Fsp3) is 0.615. The van der Waals surface area contributed by atoms with E-state index in [1.807, 2.05) is 0 Å². The number of hydrogen-bond donors (Lipinski definition) is 2. The number of thiophene rings is 1. The van der Waals surface area contributed by atoms with Crippen molar-refractivity contribution < 1.29 is 4.79 Å². The van der Waals surface area contributed by atoms with E-state index in [2.05, 4.69) is 42.0 Å². The monoisotopic (exact) mass is 254 g/mol. The standard InChI is InChI=1S/C13H22N2OS/c1-13(2,11-6-5-9-17-11)10-15-8-4-7-12(16)14-3/h5-6,9,15H,4,7-8,10H2,1-3H3,(H,14,16). The molecule has 17 heavy (non-hydrogen) atoms. The molecule has 0 aliphatic carbocycles. The van der Waals surface area contributed by atoms with Gasteiger partial charge in [0.05, 0.1) is 0 Å². The van der Waals surface area contributed by atoms with Gasteiger partial charge < -0.3 is 10.6 Å². The van der Waals surface area contributed by atoms with Crippen LogP contribution in [0.4, 0.5) is 0 Å². The molecule has 96 valence electrons. The summed E-state index contributed by atoms with van der Waals surface area (Å²) in [5.41, 5.74) is 0.168. The van der Waals surface area contributed by atoms with E-state index in [0.29, 0.717) is 6.42 Å². The Labute approximate surface area is 108 Å². The quantitative estimate of drug-likeness (QED) is 0.732. The van der Waals surface area contributed by atoms with Crippen LogP contribution in [0.3, 0.4) is 0 Å². The molecule has 0 aliphatic rings. The van der Waals surface area contributed by atoms with Crippen LogP contribution in [-0.2, 0) is 10.2 Å². The maximum atomic E-state index is 11.0. The van der Waals surface area contributed by atoms with Crippen LogP contribution in [0, 0.1) is 0 Å². The molecule has 1 rings (SSSR count). The molecule has 1 aromatic heterocycles. The minimum absolute atomic E-state index is 0.115. The molecule has 0 bridgehead atoms. The summed E-state index contributed by atoms with van der Waals surface area (Å²) >= 11 is 1.80. The van der Waals surface area contributed by atoms with Crippen molar-refractivity contribution in [3.8, 4) is 0 Å². The topological polar surface area (TPSA) is 41.1 Å². The molecular weight excluding hydrogens is 232 g/mol. The molecule has 0 spiro atoms. The first-order chi connectivity index (χ1) is 8.06. The van der Waals surface area contributed by atoms with Gasteiger partial charge in [0, 0.05) is 30.3 Å². The van der Waals surface area contributed by atoms with Gasteiger partial charge >= 0.3 is 0 Å². The number of amides is 1. The van der Waals surface area contributed by atoms with Gasteiger partial charge in [0.25, 0.3) is 0 Å². The summed E-state index contributed by atoms with van der Waals surface area (Å²) in [6.07, 6.45) is 1.49. The van der Waals surface area contributed by atoms with E-state index in [1.165, 1.54) is 4.88 Å². The van der Waals surface area contributed by atoms with Crippen LogP contribution < -0.4 is 10.6 Å². The molecule has 1 heterocycles. The van der Waals surface area contributed by atoms with Gasteiger partial charge in [-0.25, -0.2) is 0 Å². The highest BCUT2D eigenvalue weighted by Gasteiger charge is 2.20. The number of nitrogens with one attached hydrogen (secondary N) is 2. The molecule has 3 nitrogen and oxygen atoms in total. The molecule has 1 amide bonds. The molecule has 1 aromatic rings. The van der Waals surface area contributed by atoms with E-state index < -0.39 is 0 Å². The summed E-state index contributed by atoms with van der Waals surface area (Å²) in [6, 6.07) is 4.27. The Kier molecular flexibility index (Phi) is 5.65. The molecule has 2 N–H and O–H groups in total. The van der Waals surface area contributed by atoms with Gasteiger partial charge in [0.1, 0.15) is 0 Å². The highest BCUT2D eigenvalue weighted by molar-refractivity contribution is 7.10. The molecule has 0 unspecified atom stereocenters. The van der Waals surface area contributed by atoms with Crippen molar-refractivity contribution in [2.24, 2.45) is 0 Å². The average Bonchev–Trinajstić information content (AvgIpc) is 2.82. The lowest BCUT2D eigenvalue weighted by Crippen LogP contribution is -2.33. The second-order valence-corrected chi connectivity index (χ2v) is 5.76. The molecule has 0 saturated heterocycles. The van der Waals surface area contributed by atoms with Crippen LogP contribution >= 0.6 is 11.3 Å². The highest BCUT2D eigenvalue weighted by atomic mass is 32.1. The summed E-state index contributed by atoms with van der Waals surface area (Å²) < 4.78 is 0. The van der Waals surface area contributed by atoms with Crippen molar-refractivity contribution in [3.63, 3.8) is 0 Å². The van der Waals surface area contributed by atoms with E-state index in [0.717, 1.165) is 19.5 Å². The normalized spacial score (nSPS) is 11.5. The molecule has 0 aromatic carbocycles. The predicted octanol–water partition coefficient (Wildman–Crippen LogP) is 2.14. The van der Waals surface area contributed by atoms with Gasteiger partial charge in [-0.15, -0.1) is 11.3 Å². The van der Waals surface area contributed by atoms with Crippen LogP contribution in [-0.4, -0.2) is 26.0 Å². The number of hydrogen-bond acceptors (Lipinski definition) is 3. The zero-order valence-corrected chi connectivity index (χ0v) is 11.7. The van der Waals surface area contributed by atoms with Gasteiger partial charge in [-0.2, -0.15) is 0 Å². The van der Waals surface area contributed by atoms with Gasteiger partial charge in [-0.1, -0.05) is 19.9 Å². The molecule has 0 fully saturated rings. The number of carbonyl (C=O) groups excluding carboxylic acids is 1. The van der Waals surface area contributed by atoms with Crippen molar-refractivity contribution >= 4 is 17.2 Å². The minimum Gasteiger partial charge on any atom is -0.359 e. The molecule has 0 aliphatic heterocycles. The molecule has 0 radical (unpaired) electrons. The van der Waals surface area contributed by atoms with Crippen molar-refractivity contribution in [3.05, 3.63) is 22.4 Å². The Balaban J connectivity index is 2.20.